The average Bonchev–Trinajstić information content (AvgIpc) is 2.62. The van der Waals surface area contributed by atoms with Crippen molar-refractivity contribution in [1.82, 2.24) is 10.2 Å². The molecule has 0 radical (unpaired) electrons. The van der Waals surface area contributed by atoms with Gasteiger partial charge in [-0.2, -0.15) is 11.8 Å². The van der Waals surface area contributed by atoms with Crippen LogP contribution in [0, 0.1) is 0 Å². The van der Waals surface area contributed by atoms with E-state index in [0.717, 1.165) is 0 Å². The van der Waals surface area contributed by atoms with Gasteiger partial charge in [-0.05, 0) is 6.26 Å². The molecule has 1 saturated heterocycles. The second-order valence-corrected chi connectivity index (χ2v) is 4.95. The highest BCUT2D eigenvalue weighted by Gasteiger charge is 2.37. The average molecular weight is 274 g/mol. The first-order chi connectivity index (χ1) is 8.60. The maximum Gasteiger partial charge on any atom is 0.242 e. The predicted octanol–water partition coefficient (Wildman–Crippen LogP) is -0.370. The third kappa shape index (κ3) is 3.99. The minimum atomic E-state index is -0.283. The Kier molecular flexibility index (Phi) is 6.14. The summed E-state index contributed by atoms with van der Waals surface area (Å²) in [4.78, 5) is 35.9. The van der Waals surface area contributed by atoms with E-state index in [9.17, 15) is 14.4 Å². The lowest BCUT2D eigenvalue weighted by molar-refractivity contribution is -0.138. The molecule has 1 aliphatic heterocycles. The number of imide groups is 1. The van der Waals surface area contributed by atoms with E-state index >= 15 is 0 Å². The Morgan fingerprint density at radius 3 is 2.83 bits per heavy atom. The largest absolute Gasteiger partial charge is 0.383 e. The van der Waals surface area contributed by atoms with E-state index in [-0.39, 0.29) is 42.4 Å². The summed E-state index contributed by atoms with van der Waals surface area (Å²) in [5.74, 6) is -0.554. The maximum atomic E-state index is 11.8. The molecule has 1 unspecified atom stereocenters. The van der Waals surface area contributed by atoms with E-state index in [1.54, 1.807) is 13.4 Å². The lowest BCUT2D eigenvalue weighted by atomic mass is 10.3. The van der Waals surface area contributed by atoms with Gasteiger partial charge in [0.15, 0.2) is 0 Å². The lowest BCUT2D eigenvalue weighted by Crippen LogP contribution is -2.36. The summed E-state index contributed by atoms with van der Waals surface area (Å²) in [7, 11) is 1.55. The molecule has 0 spiro atoms. The molecule has 0 bridgehead atoms. The highest BCUT2D eigenvalue weighted by atomic mass is 32.2. The summed E-state index contributed by atoms with van der Waals surface area (Å²) in [6.07, 6.45) is 2.18. The summed E-state index contributed by atoms with van der Waals surface area (Å²) in [6.45, 7) is 1.04. The van der Waals surface area contributed by atoms with E-state index in [0.29, 0.717) is 13.2 Å². The number of nitrogens with one attached hydrogen (secondary N) is 1. The van der Waals surface area contributed by atoms with Crippen LogP contribution in [0.2, 0.25) is 0 Å². The first-order valence-electron chi connectivity index (χ1n) is 5.72. The molecular weight excluding hydrogens is 256 g/mol. The first kappa shape index (κ1) is 15.0. The van der Waals surface area contributed by atoms with Gasteiger partial charge >= 0.3 is 0 Å². The number of thioether (sulfide) groups is 1. The van der Waals surface area contributed by atoms with Gasteiger partial charge < -0.3 is 10.1 Å². The Morgan fingerprint density at radius 1 is 1.56 bits per heavy atom. The fraction of sp³-hybridized carbons (Fsp3) is 0.727. The Morgan fingerprint density at radius 2 is 2.28 bits per heavy atom. The summed E-state index contributed by atoms with van der Waals surface area (Å²) in [6, 6.07) is 0. The van der Waals surface area contributed by atoms with Crippen molar-refractivity contribution in [1.29, 1.82) is 0 Å². The summed E-state index contributed by atoms with van der Waals surface area (Å²) in [5.41, 5.74) is 0. The summed E-state index contributed by atoms with van der Waals surface area (Å²) < 4.78 is 4.80. The number of amides is 3. The van der Waals surface area contributed by atoms with Crippen molar-refractivity contribution in [2.24, 2.45) is 0 Å². The van der Waals surface area contributed by atoms with Gasteiger partial charge in [-0.3, -0.25) is 19.3 Å². The van der Waals surface area contributed by atoms with Gasteiger partial charge in [0.25, 0.3) is 0 Å². The smallest absolute Gasteiger partial charge is 0.242 e. The van der Waals surface area contributed by atoms with E-state index < -0.39 is 0 Å². The maximum absolute atomic E-state index is 11.8. The molecule has 102 valence electrons. The van der Waals surface area contributed by atoms with E-state index in [4.69, 9.17) is 4.74 Å². The normalized spacial score (nSPS) is 19.4. The molecule has 1 heterocycles. The predicted molar refractivity (Wildman–Crippen MR) is 68.1 cm³/mol. The van der Waals surface area contributed by atoms with Gasteiger partial charge in [0.05, 0.1) is 11.9 Å². The third-order valence-electron chi connectivity index (χ3n) is 2.68. The van der Waals surface area contributed by atoms with Gasteiger partial charge in [0.1, 0.15) is 0 Å². The Balaban J connectivity index is 2.32. The molecule has 7 heteroatoms. The molecule has 18 heavy (non-hydrogen) atoms. The molecule has 6 nitrogen and oxygen atoms in total. The van der Waals surface area contributed by atoms with Crippen molar-refractivity contribution in [3.8, 4) is 0 Å². The van der Waals surface area contributed by atoms with Crippen LogP contribution in [0.25, 0.3) is 0 Å². The van der Waals surface area contributed by atoms with Crippen molar-refractivity contribution in [3.05, 3.63) is 0 Å². The van der Waals surface area contributed by atoms with Crippen LogP contribution >= 0.6 is 11.8 Å². The molecule has 1 rings (SSSR count). The van der Waals surface area contributed by atoms with Gasteiger partial charge in [0.2, 0.25) is 17.7 Å². The zero-order valence-electron chi connectivity index (χ0n) is 10.6. The number of hydrogen-bond donors (Lipinski definition) is 1. The second-order valence-electron chi connectivity index (χ2n) is 3.90. The fourth-order valence-corrected chi connectivity index (χ4v) is 2.30. The number of likely N-dealkylation sites (tertiary alicyclic amines) is 1. The molecule has 1 atom stereocenters. The topological polar surface area (TPSA) is 75.7 Å². The van der Waals surface area contributed by atoms with Crippen LogP contribution in [0.1, 0.15) is 12.8 Å². The van der Waals surface area contributed by atoms with Crippen molar-refractivity contribution in [3.63, 3.8) is 0 Å². The second kappa shape index (κ2) is 7.38. The van der Waals surface area contributed by atoms with Crippen LogP contribution in [0.15, 0.2) is 0 Å². The minimum absolute atomic E-state index is 0.141. The van der Waals surface area contributed by atoms with Crippen molar-refractivity contribution in [2.75, 3.05) is 33.1 Å². The summed E-state index contributed by atoms with van der Waals surface area (Å²) in [5, 5.41) is 2.36. The van der Waals surface area contributed by atoms with Crippen LogP contribution in [0.4, 0.5) is 0 Å². The van der Waals surface area contributed by atoms with Crippen LogP contribution in [0.3, 0.4) is 0 Å². The van der Waals surface area contributed by atoms with Gasteiger partial charge in [-0.15, -0.1) is 0 Å². The molecule has 0 aromatic carbocycles. The van der Waals surface area contributed by atoms with E-state index in [1.165, 1.54) is 16.7 Å². The molecular formula is C11H18N2O4S. The zero-order chi connectivity index (χ0) is 13.5. The Bertz CT molecular complexity index is 335. The molecule has 0 aromatic heterocycles. The monoisotopic (exact) mass is 274 g/mol. The number of ether oxygens (including phenoxy) is 1. The van der Waals surface area contributed by atoms with Gasteiger partial charge in [-0.25, -0.2) is 0 Å². The molecule has 1 aliphatic rings. The quantitative estimate of drug-likeness (QED) is 0.506. The standard InChI is InChI=1S/C11H18N2O4S/c1-17-6-4-12-9(14)3-5-13-10(15)7-8(18-2)11(13)16/h8H,3-7H2,1-2H3,(H,12,14). The molecule has 0 saturated carbocycles. The number of rotatable bonds is 7. The van der Waals surface area contributed by atoms with Crippen molar-refractivity contribution in [2.45, 2.75) is 18.1 Å². The Labute approximate surface area is 110 Å². The number of nitrogens with zero attached hydrogens (tertiary/aromatic N) is 1. The third-order valence-corrected chi connectivity index (χ3v) is 3.62. The SMILES string of the molecule is COCCNC(=O)CCN1C(=O)CC(SC)C1=O. The number of methoxy groups -OCH3 is 1. The highest BCUT2D eigenvalue weighted by molar-refractivity contribution is 8.00. The zero-order valence-corrected chi connectivity index (χ0v) is 11.4. The fourth-order valence-electron chi connectivity index (χ4n) is 1.67. The molecule has 0 aliphatic carbocycles. The van der Waals surface area contributed by atoms with Gasteiger partial charge in [0, 0.05) is 33.0 Å². The number of carbonyl (C=O) groups is 3. The van der Waals surface area contributed by atoms with Crippen molar-refractivity contribution >= 4 is 29.5 Å². The number of carbonyl (C=O) groups excluding carboxylic acids is 3. The molecule has 0 aromatic rings. The van der Waals surface area contributed by atoms with Gasteiger partial charge in [-0.1, -0.05) is 0 Å². The molecule has 3 amide bonds. The highest BCUT2D eigenvalue weighted by Crippen LogP contribution is 2.22. The number of hydrogen-bond acceptors (Lipinski definition) is 5. The van der Waals surface area contributed by atoms with Crippen LogP contribution in [-0.4, -0.2) is 60.9 Å². The summed E-state index contributed by atoms with van der Waals surface area (Å²) >= 11 is 1.37. The van der Waals surface area contributed by atoms with E-state index in [2.05, 4.69) is 5.32 Å². The van der Waals surface area contributed by atoms with Crippen LogP contribution in [-0.2, 0) is 19.1 Å². The van der Waals surface area contributed by atoms with Crippen LogP contribution < -0.4 is 5.32 Å². The van der Waals surface area contributed by atoms with Crippen molar-refractivity contribution < 1.29 is 19.1 Å². The molecule has 1 fully saturated rings. The molecule has 1 N–H and O–H groups in total. The Hall–Kier alpha value is -1.08. The lowest BCUT2D eigenvalue weighted by Gasteiger charge is -2.14. The first-order valence-corrected chi connectivity index (χ1v) is 7.01. The minimum Gasteiger partial charge on any atom is -0.383 e. The van der Waals surface area contributed by atoms with E-state index in [1.807, 2.05) is 0 Å². The van der Waals surface area contributed by atoms with Crippen LogP contribution in [0.5, 0.6) is 0 Å².